The third-order valence-electron chi connectivity index (χ3n) is 4.11. The Balaban J connectivity index is 3.01. The first-order valence-electron chi connectivity index (χ1n) is 12.4. The first-order valence-corrected chi connectivity index (χ1v) is 12.4. The lowest BCUT2D eigenvalue weighted by molar-refractivity contribution is -0.138. The van der Waals surface area contributed by atoms with Crippen LogP contribution in [0.25, 0.3) is 0 Å². The van der Waals surface area contributed by atoms with Gasteiger partial charge in [-0.2, -0.15) is 0 Å². The van der Waals surface area contributed by atoms with Gasteiger partial charge >= 0.3 is 5.97 Å². The third-order valence-corrected chi connectivity index (χ3v) is 4.11. The van der Waals surface area contributed by atoms with Gasteiger partial charge in [-0.15, -0.1) is 0 Å². The van der Waals surface area contributed by atoms with Crippen molar-refractivity contribution in [2.24, 2.45) is 0 Å². The summed E-state index contributed by atoms with van der Waals surface area (Å²) in [5, 5.41) is 11.7. The highest BCUT2D eigenvalue weighted by Crippen LogP contribution is 1.87. The van der Waals surface area contributed by atoms with Crippen LogP contribution >= 0.6 is 0 Å². The fourth-order valence-electron chi connectivity index (χ4n) is 2.36. The summed E-state index contributed by atoms with van der Waals surface area (Å²) in [6.07, 6.45) is 0.00371. The van der Waals surface area contributed by atoms with Crippen LogP contribution in [0, 0.1) is 0 Å². The molecular weight excluding hydrogens is 466 g/mol. The van der Waals surface area contributed by atoms with Crippen molar-refractivity contribution in [3.63, 3.8) is 0 Å². The van der Waals surface area contributed by atoms with E-state index in [0.29, 0.717) is 99.1 Å². The number of rotatable bonds is 31. The van der Waals surface area contributed by atoms with Gasteiger partial charge < -0.3 is 53.1 Å². The summed E-state index contributed by atoms with van der Waals surface area (Å²) in [5.74, 6) is -0.870. The highest BCUT2D eigenvalue weighted by Gasteiger charge is 1.97. The van der Waals surface area contributed by atoms with Crippen LogP contribution in [-0.2, 0) is 47.4 Å². The zero-order chi connectivity index (χ0) is 25.5. The van der Waals surface area contributed by atoms with Gasteiger partial charge in [-0.3, -0.25) is 4.79 Å². The average Bonchev–Trinajstić information content (AvgIpc) is 2.85. The second-order valence-electron chi connectivity index (χ2n) is 6.99. The summed E-state index contributed by atoms with van der Waals surface area (Å²) in [6, 6.07) is 0. The monoisotopic (exact) mass is 513 g/mol. The van der Waals surface area contributed by atoms with Crippen LogP contribution in [0.3, 0.4) is 0 Å². The standard InChI is InChI=1S/C23H47NO11/c1-2-27-7-4-24-5-8-29-10-12-31-14-16-33-18-20-35-22-21-34-19-17-32-15-13-30-11-9-28-6-3-23(25)26/h24H,2-22H2,1H3,(H,25,26). The molecule has 0 unspecified atom stereocenters. The molecule has 0 radical (unpaired) electrons. The molecule has 0 amide bonds. The molecule has 0 saturated carbocycles. The van der Waals surface area contributed by atoms with Crippen molar-refractivity contribution >= 4 is 5.97 Å². The second kappa shape index (κ2) is 31.1. The maximum atomic E-state index is 10.3. The number of carboxylic acids is 1. The van der Waals surface area contributed by atoms with Crippen LogP contribution in [0.2, 0.25) is 0 Å². The fourth-order valence-corrected chi connectivity index (χ4v) is 2.36. The van der Waals surface area contributed by atoms with Crippen molar-refractivity contribution in [3.8, 4) is 0 Å². The van der Waals surface area contributed by atoms with Crippen molar-refractivity contribution in [2.45, 2.75) is 13.3 Å². The van der Waals surface area contributed by atoms with E-state index in [4.69, 9.17) is 47.7 Å². The quantitative estimate of drug-likeness (QED) is 0.123. The number of nitrogens with one attached hydrogen (secondary N) is 1. The summed E-state index contributed by atoms with van der Waals surface area (Å²) < 4.78 is 48.2. The zero-order valence-corrected chi connectivity index (χ0v) is 21.4. The van der Waals surface area contributed by atoms with Crippen LogP contribution in [0.15, 0.2) is 0 Å². The zero-order valence-electron chi connectivity index (χ0n) is 21.4. The number of carbonyl (C=O) groups is 1. The van der Waals surface area contributed by atoms with Crippen molar-refractivity contribution in [3.05, 3.63) is 0 Å². The Kier molecular flexibility index (Phi) is 30.3. The van der Waals surface area contributed by atoms with Crippen LogP contribution in [0.1, 0.15) is 13.3 Å². The fraction of sp³-hybridized carbons (Fsp3) is 0.957. The number of hydrogen-bond donors (Lipinski definition) is 2. The Hall–Kier alpha value is -0.930. The molecule has 0 aliphatic rings. The molecule has 0 fully saturated rings. The molecule has 0 heterocycles. The number of ether oxygens (including phenoxy) is 9. The van der Waals surface area contributed by atoms with E-state index < -0.39 is 5.97 Å². The molecule has 0 saturated heterocycles. The molecule has 12 heteroatoms. The van der Waals surface area contributed by atoms with Crippen LogP contribution in [0.5, 0.6) is 0 Å². The smallest absolute Gasteiger partial charge is 0.305 e. The van der Waals surface area contributed by atoms with E-state index in [1.54, 1.807) is 0 Å². The molecule has 35 heavy (non-hydrogen) atoms. The number of carboxylic acid groups (broad SMARTS) is 1. The summed E-state index contributed by atoms with van der Waals surface area (Å²) in [4.78, 5) is 10.3. The molecule has 0 aliphatic carbocycles. The van der Waals surface area contributed by atoms with Gasteiger partial charge in [-0.25, -0.2) is 0 Å². The number of hydrogen-bond acceptors (Lipinski definition) is 11. The summed E-state index contributed by atoms with van der Waals surface area (Å²) in [5.41, 5.74) is 0. The number of aliphatic carboxylic acids is 1. The average molecular weight is 514 g/mol. The van der Waals surface area contributed by atoms with Crippen LogP contribution in [-0.4, -0.2) is 143 Å². The third kappa shape index (κ3) is 33.1. The predicted octanol–water partition coefficient (Wildman–Crippen LogP) is 0.220. The molecule has 0 spiro atoms. The van der Waals surface area contributed by atoms with Crippen molar-refractivity contribution < 1.29 is 52.5 Å². The molecule has 0 aromatic heterocycles. The maximum Gasteiger partial charge on any atom is 0.305 e. The molecule has 0 aliphatic heterocycles. The van der Waals surface area contributed by atoms with Crippen LogP contribution in [0.4, 0.5) is 0 Å². The van der Waals surface area contributed by atoms with Gasteiger partial charge in [0.15, 0.2) is 0 Å². The van der Waals surface area contributed by atoms with Crippen molar-refractivity contribution in [1.82, 2.24) is 5.32 Å². The lowest BCUT2D eigenvalue weighted by atomic mass is 10.5. The maximum absolute atomic E-state index is 10.3. The van der Waals surface area contributed by atoms with E-state index in [9.17, 15) is 4.79 Å². The van der Waals surface area contributed by atoms with Gasteiger partial charge in [0.2, 0.25) is 0 Å². The SMILES string of the molecule is CCOCCNCCOCCOCCOCCOCCOCCOCCOCCOCCC(=O)O. The molecule has 0 bridgehead atoms. The van der Waals surface area contributed by atoms with Crippen molar-refractivity contribution in [1.29, 1.82) is 0 Å². The van der Waals surface area contributed by atoms with Gasteiger partial charge in [0, 0.05) is 19.7 Å². The Morgan fingerprint density at radius 3 is 1.09 bits per heavy atom. The van der Waals surface area contributed by atoms with Gasteiger partial charge in [-0.05, 0) is 6.92 Å². The molecule has 210 valence electrons. The Bertz CT molecular complexity index is 419. The normalized spacial score (nSPS) is 11.3. The lowest BCUT2D eigenvalue weighted by Crippen LogP contribution is -2.24. The predicted molar refractivity (Wildman–Crippen MR) is 128 cm³/mol. The van der Waals surface area contributed by atoms with E-state index >= 15 is 0 Å². The Morgan fingerprint density at radius 2 is 0.771 bits per heavy atom. The van der Waals surface area contributed by atoms with Crippen LogP contribution < -0.4 is 5.32 Å². The van der Waals surface area contributed by atoms with E-state index in [1.165, 1.54) is 0 Å². The molecule has 0 atom stereocenters. The highest BCUT2D eigenvalue weighted by molar-refractivity contribution is 5.66. The summed E-state index contributed by atoms with van der Waals surface area (Å²) in [7, 11) is 0. The first kappa shape index (κ1) is 34.1. The molecule has 0 aromatic rings. The van der Waals surface area contributed by atoms with E-state index in [2.05, 4.69) is 5.32 Å². The second-order valence-corrected chi connectivity index (χ2v) is 6.99. The largest absolute Gasteiger partial charge is 0.481 e. The molecule has 0 rings (SSSR count). The van der Waals surface area contributed by atoms with Gasteiger partial charge in [0.25, 0.3) is 0 Å². The van der Waals surface area contributed by atoms with Gasteiger partial charge in [-0.1, -0.05) is 0 Å². The molecular formula is C23H47NO11. The van der Waals surface area contributed by atoms with E-state index in [0.717, 1.165) is 26.3 Å². The molecule has 12 nitrogen and oxygen atoms in total. The minimum absolute atomic E-state index is 0.00371. The minimum atomic E-state index is -0.870. The highest BCUT2D eigenvalue weighted by atomic mass is 16.6. The van der Waals surface area contributed by atoms with Crippen molar-refractivity contribution in [2.75, 3.05) is 132 Å². The van der Waals surface area contributed by atoms with Gasteiger partial charge in [0.1, 0.15) is 0 Å². The van der Waals surface area contributed by atoms with E-state index in [1.807, 2.05) is 6.92 Å². The lowest BCUT2D eigenvalue weighted by Gasteiger charge is -2.09. The van der Waals surface area contributed by atoms with Gasteiger partial charge in [0.05, 0.1) is 119 Å². The van der Waals surface area contributed by atoms with E-state index in [-0.39, 0.29) is 13.0 Å². The summed E-state index contributed by atoms with van der Waals surface area (Å²) >= 11 is 0. The topological polar surface area (TPSA) is 132 Å². The Morgan fingerprint density at radius 1 is 0.486 bits per heavy atom. The minimum Gasteiger partial charge on any atom is -0.481 e. The molecule has 2 N–H and O–H groups in total. The first-order chi connectivity index (χ1) is 17.3. The molecule has 0 aromatic carbocycles. The summed E-state index contributed by atoms with van der Waals surface area (Å²) in [6.45, 7) is 12.9. The Labute approximate surface area is 209 Å².